The molecule has 8 heteroatoms. The highest BCUT2D eigenvalue weighted by Gasteiger charge is 2.26. The number of ether oxygens (including phenoxy) is 1. The van der Waals surface area contributed by atoms with Crippen molar-refractivity contribution in [2.45, 2.75) is 87.6 Å². The lowest BCUT2D eigenvalue weighted by Crippen LogP contribution is -2.51. The number of aliphatic hydroxyl groups excluding tert-OH is 1. The van der Waals surface area contributed by atoms with Crippen molar-refractivity contribution in [3.63, 3.8) is 0 Å². The van der Waals surface area contributed by atoms with Crippen LogP contribution in [0.1, 0.15) is 70.6 Å². The first-order chi connectivity index (χ1) is 14.5. The molecule has 30 heavy (non-hydrogen) atoms. The van der Waals surface area contributed by atoms with E-state index in [1.54, 1.807) is 0 Å². The van der Waals surface area contributed by atoms with E-state index in [9.17, 15) is 18.3 Å². The molecule has 0 bridgehead atoms. The van der Waals surface area contributed by atoms with Crippen LogP contribution in [0.5, 0.6) is 5.75 Å². The van der Waals surface area contributed by atoms with E-state index in [4.69, 9.17) is 4.74 Å². The third-order valence-electron chi connectivity index (χ3n) is 5.62. The normalized spacial score (nSPS) is 18.6. The molecule has 1 saturated carbocycles. The van der Waals surface area contributed by atoms with Crippen LogP contribution in [-0.2, 0) is 14.8 Å². The highest BCUT2D eigenvalue weighted by atomic mass is 32.2. The Balaban J connectivity index is 1.96. The standard InChI is InChI=1S/C22H36N2O5S/c1-29-19-13-15-20(16-14-19)30(27,28)24-21(17-25)22(26)23-18-11-9-7-5-3-2-4-6-8-10-12-18/h13-16,18,21,24-25H,2-12,17H2,1H3,(H,23,26)/t21-/m0/s1. The summed E-state index contributed by atoms with van der Waals surface area (Å²) in [5.41, 5.74) is 0. The summed E-state index contributed by atoms with van der Waals surface area (Å²) in [6.07, 6.45) is 12.5. The number of aliphatic hydroxyl groups is 1. The summed E-state index contributed by atoms with van der Waals surface area (Å²) >= 11 is 0. The van der Waals surface area contributed by atoms with E-state index in [0.717, 1.165) is 38.5 Å². The SMILES string of the molecule is COc1ccc(S(=O)(=O)N[C@@H](CO)C(=O)NC2CCCCCCCCCCC2)cc1. The van der Waals surface area contributed by atoms with E-state index in [1.807, 2.05) is 0 Å². The molecule has 2 rings (SSSR count). The van der Waals surface area contributed by atoms with Crippen molar-refractivity contribution in [2.24, 2.45) is 0 Å². The fourth-order valence-corrected chi connectivity index (χ4v) is 4.98. The highest BCUT2D eigenvalue weighted by molar-refractivity contribution is 7.89. The van der Waals surface area contributed by atoms with Crippen LogP contribution in [0.3, 0.4) is 0 Å². The Morgan fingerprint density at radius 1 is 1.00 bits per heavy atom. The van der Waals surface area contributed by atoms with Gasteiger partial charge in [0.2, 0.25) is 15.9 Å². The second-order valence-electron chi connectivity index (χ2n) is 8.00. The zero-order valence-electron chi connectivity index (χ0n) is 17.9. The van der Waals surface area contributed by atoms with Gasteiger partial charge in [-0.05, 0) is 37.1 Å². The summed E-state index contributed by atoms with van der Waals surface area (Å²) < 4.78 is 32.6. The number of methoxy groups -OCH3 is 1. The molecule has 1 aliphatic rings. The number of hydrogen-bond acceptors (Lipinski definition) is 5. The zero-order chi connectivity index (χ0) is 21.8. The first-order valence-electron chi connectivity index (χ1n) is 11.0. The number of nitrogens with one attached hydrogen (secondary N) is 2. The minimum atomic E-state index is -3.94. The number of amides is 1. The Morgan fingerprint density at radius 3 is 1.97 bits per heavy atom. The molecule has 0 aromatic heterocycles. The summed E-state index contributed by atoms with van der Waals surface area (Å²) in [4.78, 5) is 12.7. The molecular formula is C22H36N2O5S. The monoisotopic (exact) mass is 440 g/mol. The maximum atomic E-state index is 12.7. The molecule has 1 atom stereocenters. The average molecular weight is 441 g/mol. The second-order valence-corrected chi connectivity index (χ2v) is 9.71. The third-order valence-corrected chi connectivity index (χ3v) is 7.11. The van der Waals surface area contributed by atoms with Crippen molar-refractivity contribution in [1.82, 2.24) is 10.0 Å². The van der Waals surface area contributed by atoms with Crippen LogP contribution in [0, 0.1) is 0 Å². The van der Waals surface area contributed by atoms with Crippen molar-refractivity contribution in [3.05, 3.63) is 24.3 Å². The van der Waals surface area contributed by atoms with Gasteiger partial charge in [0.15, 0.2) is 0 Å². The van der Waals surface area contributed by atoms with Crippen molar-refractivity contribution in [3.8, 4) is 5.75 Å². The van der Waals surface area contributed by atoms with Crippen LogP contribution < -0.4 is 14.8 Å². The zero-order valence-corrected chi connectivity index (χ0v) is 18.8. The van der Waals surface area contributed by atoms with Gasteiger partial charge in [0.05, 0.1) is 18.6 Å². The molecule has 0 spiro atoms. The molecule has 0 unspecified atom stereocenters. The summed E-state index contributed by atoms with van der Waals surface area (Å²) in [6.45, 7) is -0.603. The molecule has 0 aliphatic heterocycles. The Bertz CT molecular complexity index is 724. The molecule has 3 N–H and O–H groups in total. The van der Waals surface area contributed by atoms with Gasteiger partial charge < -0.3 is 15.2 Å². The topological polar surface area (TPSA) is 105 Å². The molecule has 0 radical (unpaired) electrons. The first kappa shape index (κ1) is 24.6. The van der Waals surface area contributed by atoms with Crippen LogP contribution in [0.15, 0.2) is 29.2 Å². The lowest BCUT2D eigenvalue weighted by Gasteiger charge is -2.23. The smallest absolute Gasteiger partial charge is 0.241 e. The van der Waals surface area contributed by atoms with E-state index >= 15 is 0 Å². The maximum absolute atomic E-state index is 12.7. The molecule has 7 nitrogen and oxygen atoms in total. The fourth-order valence-electron chi connectivity index (χ4n) is 3.79. The maximum Gasteiger partial charge on any atom is 0.241 e. The highest BCUT2D eigenvalue weighted by Crippen LogP contribution is 2.18. The van der Waals surface area contributed by atoms with Gasteiger partial charge in [-0.2, -0.15) is 4.72 Å². The largest absolute Gasteiger partial charge is 0.497 e. The molecule has 0 saturated heterocycles. The van der Waals surface area contributed by atoms with Crippen molar-refractivity contribution in [1.29, 1.82) is 0 Å². The molecular weight excluding hydrogens is 404 g/mol. The van der Waals surface area contributed by atoms with Gasteiger partial charge >= 0.3 is 0 Å². The van der Waals surface area contributed by atoms with E-state index < -0.39 is 28.6 Å². The summed E-state index contributed by atoms with van der Waals surface area (Å²) in [6, 6.07) is 4.66. The fraction of sp³-hybridized carbons (Fsp3) is 0.682. The van der Waals surface area contributed by atoms with Crippen molar-refractivity contribution in [2.75, 3.05) is 13.7 Å². The van der Waals surface area contributed by atoms with Crippen molar-refractivity contribution >= 4 is 15.9 Å². The van der Waals surface area contributed by atoms with E-state index in [-0.39, 0.29) is 10.9 Å². The van der Waals surface area contributed by atoms with E-state index in [2.05, 4.69) is 10.0 Å². The van der Waals surface area contributed by atoms with Crippen LogP contribution in [0.4, 0.5) is 0 Å². The number of carbonyl (C=O) groups is 1. The quantitative estimate of drug-likeness (QED) is 0.604. The van der Waals surface area contributed by atoms with Crippen LogP contribution in [-0.4, -0.2) is 45.2 Å². The van der Waals surface area contributed by atoms with Crippen molar-refractivity contribution < 1.29 is 23.1 Å². The van der Waals surface area contributed by atoms with Gasteiger partial charge in [-0.3, -0.25) is 4.79 Å². The average Bonchev–Trinajstić information content (AvgIpc) is 2.74. The van der Waals surface area contributed by atoms with Gasteiger partial charge in [-0.25, -0.2) is 8.42 Å². The number of rotatable bonds is 7. The minimum absolute atomic E-state index is 0.0106. The lowest BCUT2D eigenvalue weighted by atomic mass is 9.98. The summed E-state index contributed by atoms with van der Waals surface area (Å²) in [5, 5.41) is 12.6. The van der Waals surface area contributed by atoms with Gasteiger partial charge in [0, 0.05) is 6.04 Å². The van der Waals surface area contributed by atoms with Crippen LogP contribution >= 0.6 is 0 Å². The van der Waals surface area contributed by atoms with Crippen LogP contribution in [0.25, 0.3) is 0 Å². The van der Waals surface area contributed by atoms with Gasteiger partial charge in [-0.1, -0.05) is 57.8 Å². The van der Waals surface area contributed by atoms with Gasteiger partial charge in [-0.15, -0.1) is 0 Å². The Morgan fingerprint density at radius 2 is 1.50 bits per heavy atom. The third kappa shape index (κ3) is 8.24. The molecule has 1 amide bonds. The predicted octanol–water partition coefficient (Wildman–Crippen LogP) is 3.12. The number of carbonyl (C=O) groups excluding carboxylic acids is 1. The second kappa shape index (κ2) is 12.9. The Kier molecular flexibility index (Phi) is 10.6. The lowest BCUT2D eigenvalue weighted by molar-refractivity contribution is -0.124. The summed E-state index contributed by atoms with van der Waals surface area (Å²) in [5.74, 6) is 0.0552. The van der Waals surface area contributed by atoms with Gasteiger partial charge in [0.25, 0.3) is 0 Å². The molecule has 1 fully saturated rings. The minimum Gasteiger partial charge on any atom is -0.497 e. The molecule has 1 aliphatic carbocycles. The Labute approximate surface area is 180 Å². The molecule has 1 aromatic carbocycles. The van der Waals surface area contributed by atoms with E-state index in [0.29, 0.717) is 5.75 Å². The van der Waals surface area contributed by atoms with Gasteiger partial charge in [0.1, 0.15) is 11.8 Å². The first-order valence-corrected chi connectivity index (χ1v) is 12.5. The predicted molar refractivity (Wildman–Crippen MR) is 117 cm³/mol. The number of hydrogen-bond donors (Lipinski definition) is 3. The summed E-state index contributed by atoms with van der Waals surface area (Å²) in [7, 11) is -2.44. The van der Waals surface area contributed by atoms with Crippen LogP contribution in [0.2, 0.25) is 0 Å². The number of benzene rings is 1. The molecule has 1 aromatic rings. The van der Waals surface area contributed by atoms with E-state index in [1.165, 1.54) is 63.5 Å². The number of sulfonamides is 1. The molecule has 170 valence electrons. The Hall–Kier alpha value is -1.64. The molecule has 0 heterocycles.